The third-order valence-electron chi connectivity index (χ3n) is 4.04. The Morgan fingerprint density at radius 1 is 1.26 bits per heavy atom. The number of hydrogen-bond acceptors (Lipinski definition) is 4. The quantitative estimate of drug-likeness (QED) is 0.732. The lowest BCUT2D eigenvalue weighted by molar-refractivity contribution is -0.131. The maximum absolute atomic E-state index is 12.8. The molecule has 1 heterocycles. The Labute approximate surface area is 121 Å². The molecule has 0 aliphatic rings. The van der Waals surface area contributed by atoms with E-state index in [0.717, 1.165) is 36.6 Å². The number of aromatic nitrogens is 1. The van der Waals surface area contributed by atoms with Crippen LogP contribution < -0.4 is 0 Å². The van der Waals surface area contributed by atoms with Crippen molar-refractivity contribution in [2.24, 2.45) is 0 Å². The molecule has 0 N–H and O–H groups in total. The van der Waals surface area contributed by atoms with Crippen LogP contribution >= 0.6 is 11.3 Å². The highest BCUT2D eigenvalue weighted by molar-refractivity contribution is 7.09. The highest BCUT2D eigenvalue weighted by atomic mass is 32.1. The minimum atomic E-state index is -0.316. The summed E-state index contributed by atoms with van der Waals surface area (Å²) in [5.41, 5.74) is 0.692. The molecule has 0 aliphatic heterocycles. The van der Waals surface area contributed by atoms with Crippen molar-refractivity contribution in [3.8, 4) is 0 Å². The van der Waals surface area contributed by atoms with Gasteiger partial charge in [-0.05, 0) is 32.9 Å². The molecule has 1 rings (SSSR count). The van der Waals surface area contributed by atoms with Gasteiger partial charge in [-0.25, -0.2) is 4.98 Å². The Hall–Kier alpha value is -0.740. The second-order valence-electron chi connectivity index (χ2n) is 4.89. The molecule has 0 bridgehead atoms. The largest absolute Gasteiger partial charge is 0.297 e. The van der Waals surface area contributed by atoms with Crippen molar-refractivity contribution in [3.05, 3.63) is 16.1 Å². The van der Waals surface area contributed by atoms with Gasteiger partial charge in [-0.15, -0.1) is 11.3 Å². The Kier molecular flexibility index (Phi) is 6.14. The lowest BCUT2D eigenvalue weighted by Crippen LogP contribution is -2.54. The molecule has 0 spiro atoms. The van der Waals surface area contributed by atoms with Gasteiger partial charge in [-0.3, -0.25) is 9.69 Å². The van der Waals surface area contributed by atoms with E-state index in [2.05, 4.69) is 37.6 Å². The first-order chi connectivity index (χ1) is 9.03. The van der Waals surface area contributed by atoms with Gasteiger partial charge < -0.3 is 0 Å². The average Bonchev–Trinajstić information content (AvgIpc) is 2.81. The third kappa shape index (κ3) is 3.42. The lowest BCUT2D eigenvalue weighted by Gasteiger charge is -2.40. The van der Waals surface area contributed by atoms with E-state index in [1.807, 2.05) is 12.3 Å². The smallest absolute Gasteiger partial charge is 0.159 e. The number of carbonyl (C=O) groups excluding carboxylic acids is 1. The maximum atomic E-state index is 12.8. The summed E-state index contributed by atoms with van der Waals surface area (Å²) in [7, 11) is 0. The van der Waals surface area contributed by atoms with Gasteiger partial charge in [0.1, 0.15) is 5.01 Å². The minimum Gasteiger partial charge on any atom is -0.297 e. The van der Waals surface area contributed by atoms with Gasteiger partial charge in [-0.2, -0.15) is 0 Å². The van der Waals surface area contributed by atoms with Gasteiger partial charge >= 0.3 is 0 Å². The Morgan fingerprint density at radius 3 is 2.21 bits per heavy atom. The summed E-state index contributed by atoms with van der Waals surface area (Å²) >= 11 is 1.59. The van der Waals surface area contributed by atoms with Crippen LogP contribution in [-0.4, -0.2) is 34.3 Å². The van der Waals surface area contributed by atoms with Crippen LogP contribution in [0, 0.1) is 6.92 Å². The Morgan fingerprint density at radius 2 is 1.84 bits per heavy atom. The van der Waals surface area contributed by atoms with E-state index in [9.17, 15) is 4.79 Å². The zero-order valence-electron chi connectivity index (χ0n) is 12.8. The van der Waals surface area contributed by atoms with Gasteiger partial charge in [0.05, 0.1) is 12.0 Å². The van der Waals surface area contributed by atoms with E-state index < -0.39 is 0 Å². The number of hydrogen-bond donors (Lipinski definition) is 0. The fourth-order valence-corrected chi connectivity index (χ4v) is 3.65. The van der Waals surface area contributed by atoms with E-state index in [4.69, 9.17) is 0 Å². The number of aryl methyl sites for hydroxylation is 1. The molecule has 1 aromatic heterocycles. The van der Waals surface area contributed by atoms with Crippen LogP contribution in [0.1, 0.15) is 51.2 Å². The van der Waals surface area contributed by atoms with E-state index in [-0.39, 0.29) is 5.54 Å². The summed E-state index contributed by atoms with van der Waals surface area (Å²) in [6, 6.07) is 0. The molecule has 1 aromatic rings. The van der Waals surface area contributed by atoms with Gasteiger partial charge in [0.15, 0.2) is 5.78 Å². The number of thiazole rings is 1. The predicted octanol–water partition coefficient (Wildman–Crippen LogP) is 3.46. The summed E-state index contributed by atoms with van der Waals surface area (Å²) < 4.78 is 0. The fraction of sp³-hybridized carbons (Fsp3) is 0.733. The van der Waals surface area contributed by atoms with Crippen LogP contribution in [-0.2, 0) is 11.2 Å². The second-order valence-corrected chi connectivity index (χ2v) is 5.84. The number of nitrogens with zero attached hydrogens (tertiary/aromatic N) is 2. The Bertz CT molecular complexity index is 406. The first-order valence-electron chi connectivity index (χ1n) is 7.23. The lowest BCUT2D eigenvalue weighted by atomic mass is 9.84. The molecule has 0 aliphatic carbocycles. The van der Waals surface area contributed by atoms with Crippen molar-refractivity contribution in [2.75, 3.05) is 13.1 Å². The van der Waals surface area contributed by atoms with Crippen LogP contribution in [0.2, 0.25) is 0 Å². The van der Waals surface area contributed by atoms with Crippen molar-refractivity contribution < 1.29 is 4.79 Å². The molecule has 0 atom stereocenters. The number of carbonyl (C=O) groups is 1. The van der Waals surface area contributed by atoms with Gasteiger partial charge in [-0.1, -0.05) is 27.7 Å². The van der Waals surface area contributed by atoms with Crippen molar-refractivity contribution >= 4 is 17.1 Å². The van der Waals surface area contributed by atoms with E-state index in [1.54, 1.807) is 11.3 Å². The van der Waals surface area contributed by atoms with Crippen LogP contribution in [0.3, 0.4) is 0 Å². The zero-order chi connectivity index (χ0) is 14.5. The standard InChI is InChI=1S/C15H26N2OS/c1-6-15(7-2,17(8-3)9-4)13(18)10-14-16-12(5)11-19-14/h11H,6-10H2,1-5H3. The van der Waals surface area contributed by atoms with Crippen LogP contribution in [0.25, 0.3) is 0 Å². The van der Waals surface area contributed by atoms with Crippen LogP contribution in [0.15, 0.2) is 5.38 Å². The summed E-state index contributed by atoms with van der Waals surface area (Å²) in [5.74, 6) is 0.315. The minimum absolute atomic E-state index is 0.315. The van der Waals surface area contributed by atoms with E-state index >= 15 is 0 Å². The van der Waals surface area contributed by atoms with Gasteiger partial charge in [0, 0.05) is 11.1 Å². The molecular formula is C15H26N2OS. The maximum Gasteiger partial charge on any atom is 0.159 e. The molecule has 19 heavy (non-hydrogen) atoms. The third-order valence-corrected chi connectivity index (χ3v) is 5.00. The second kappa shape index (κ2) is 7.15. The number of Topliss-reactive ketones (excluding diaryl/α,β-unsaturated/α-hetero) is 1. The van der Waals surface area contributed by atoms with Gasteiger partial charge in [0.25, 0.3) is 0 Å². The molecule has 0 fully saturated rings. The molecule has 0 amide bonds. The fourth-order valence-electron chi connectivity index (χ4n) is 2.88. The molecular weight excluding hydrogens is 256 g/mol. The van der Waals surface area contributed by atoms with Crippen molar-refractivity contribution in [1.82, 2.24) is 9.88 Å². The highest BCUT2D eigenvalue weighted by Crippen LogP contribution is 2.27. The first-order valence-corrected chi connectivity index (χ1v) is 8.11. The topological polar surface area (TPSA) is 33.2 Å². The molecule has 0 unspecified atom stereocenters. The molecule has 0 saturated carbocycles. The van der Waals surface area contributed by atoms with Crippen LogP contribution in [0.4, 0.5) is 0 Å². The summed E-state index contributed by atoms with van der Waals surface area (Å²) in [6.45, 7) is 12.3. The summed E-state index contributed by atoms with van der Waals surface area (Å²) in [5, 5.41) is 2.96. The van der Waals surface area contributed by atoms with Crippen LogP contribution in [0.5, 0.6) is 0 Å². The van der Waals surface area contributed by atoms with Crippen molar-refractivity contribution in [1.29, 1.82) is 0 Å². The molecule has 3 nitrogen and oxygen atoms in total. The van der Waals surface area contributed by atoms with E-state index in [1.165, 1.54) is 0 Å². The number of ketones is 1. The predicted molar refractivity (Wildman–Crippen MR) is 81.8 cm³/mol. The normalized spacial score (nSPS) is 12.1. The van der Waals surface area contributed by atoms with Crippen molar-refractivity contribution in [3.63, 3.8) is 0 Å². The van der Waals surface area contributed by atoms with E-state index in [0.29, 0.717) is 12.2 Å². The molecule has 4 heteroatoms. The number of rotatable bonds is 8. The average molecular weight is 282 g/mol. The monoisotopic (exact) mass is 282 g/mol. The zero-order valence-corrected chi connectivity index (χ0v) is 13.6. The van der Waals surface area contributed by atoms with Gasteiger partial charge in [0.2, 0.25) is 0 Å². The summed E-state index contributed by atoms with van der Waals surface area (Å²) in [6.07, 6.45) is 2.21. The van der Waals surface area contributed by atoms with Crippen molar-refractivity contribution in [2.45, 2.75) is 59.4 Å². The first kappa shape index (κ1) is 16.3. The molecule has 0 aromatic carbocycles. The molecule has 108 valence electrons. The molecule has 0 radical (unpaired) electrons. The highest BCUT2D eigenvalue weighted by Gasteiger charge is 2.39. The SMILES string of the molecule is CCN(CC)C(CC)(CC)C(=O)Cc1nc(C)cs1. The Balaban J connectivity index is 2.94. The number of likely N-dealkylation sites (N-methyl/N-ethyl adjacent to an activating group) is 1. The summed E-state index contributed by atoms with van der Waals surface area (Å²) in [4.78, 5) is 19.5. The molecule has 0 saturated heterocycles.